The Morgan fingerprint density at radius 3 is 2.37 bits per heavy atom. The minimum Gasteiger partial charge on any atom is -0.481 e. The molecule has 0 radical (unpaired) electrons. The molecule has 0 saturated carbocycles. The molecule has 1 aliphatic heterocycles. The van der Waals surface area contributed by atoms with Crippen molar-refractivity contribution in [1.29, 1.82) is 0 Å². The zero-order valence-electron chi connectivity index (χ0n) is 10.1. The van der Waals surface area contributed by atoms with E-state index < -0.39 is 27.7 Å². The van der Waals surface area contributed by atoms with Crippen LogP contribution in [0.2, 0.25) is 0 Å². The van der Waals surface area contributed by atoms with Gasteiger partial charge in [0.15, 0.2) is 0 Å². The normalized spacial score (nSPS) is 18.4. The van der Waals surface area contributed by atoms with E-state index in [0.717, 1.165) is 10.4 Å². The van der Waals surface area contributed by atoms with Gasteiger partial charge in [-0.3, -0.25) is 4.79 Å². The van der Waals surface area contributed by atoms with Gasteiger partial charge in [-0.15, -0.1) is 0 Å². The average Bonchev–Trinajstić information content (AvgIpc) is 2.39. The van der Waals surface area contributed by atoms with Crippen LogP contribution in [0.4, 0.5) is 4.39 Å². The van der Waals surface area contributed by atoms with Crippen molar-refractivity contribution in [3.05, 3.63) is 30.1 Å². The lowest BCUT2D eigenvalue weighted by atomic mass is 9.99. The maximum Gasteiger partial charge on any atom is 0.306 e. The summed E-state index contributed by atoms with van der Waals surface area (Å²) in [7, 11) is -3.88. The molecule has 7 heteroatoms. The molecule has 0 bridgehead atoms. The van der Waals surface area contributed by atoms with Gasteiger partial charge in [0, 0.05) is 13.1 Å². The maximum absolute atomic E-state index is 13.5. The summed E-state index contributed by atoms with van der Waals surface area (Å²) in [4.78, 5) is 10.4. The molecule has 1 aromatic rings. The Morgan fingerprint density at radius 2 is 1.84 bits per heavy atom. The molecule has 19 heavy (non-hydrogen) atoms. The summed E-state index contributed by atoms with van der Waals surface area (Å²) in [5.41, 5.74) is 0. The highest BCUT2D eigenvalue weighted by Gasteiger charge is 2.33. The van der Waals surface area contributed by atoms with Crippen LogP contribution in [0.5, 0.6) is 0 Å². The molecule has 0 aromatic heterocycles. The van der Waals surface area contributed by atoms with Gasteiger partial charge in [0.1, 0.15) is 10.7 Å². The van der Waals surface area contributed by atoms with Crippen molar-refractivity contribution in [1.82, 2.24) is 4.31 Å². The van der Waals surface area contributed by atoms with E-state index >= 15 is 0 Å². The molecule has 0 atom stereocenters. The minimum absolute atomic E-state index is 0.105. The van der Waals surface area contributed by atoms with Crippen LogP contribution in [0, 0.1) is 11.7 Å². The van der Waals surface area contributed by atoms with Gasteiger partial charge >= 0.3 is 5.97 Å². The van der Waals surface area contributed by atoms with E-state index in [1.165, 1.54) is 18.2 Å². The maximum atomic E-state index is 13.5. The Kier molecular flexibility index (Phi) is 3.86. The minimum atomic E-state index is -3.88. The lowest BCUT2D eigenvalue weighted by molar-refractivity contribution is -0.142. The van der Waals surface area contributed by atoms with E-state index in [0.29, 0.717) is 0 Å². The smallest absolute Gasteiger partial charge is 0.306 e. The fourth-order valence-corrected chi connectivity index (χ4v) is 3.67. The number of carbonyl (C=O) groups is 1. The summed E-state index contributed by atoms with van der Waals surface area (Å²) >= 11 is 0. The van der Waals surface area contributed by atoms with Crippen LogP contribution in [0.25, 0.3) is 0 Å². The van der Waals surface area contributed by atoms with Gasteiger partial charge in [-0.1, -0.05) is 12.1 Å². The second-order valence-corrected chi connectivity index (χ2v) is 6.35. The SMILES string of the molecule is O=C(O)C1CCN(S(=O)(=O)c2ccccc2F)CC1. The van der Waals surface area contributed by atoms with Crippen molar-refractivity contribution in [2.45, 2.75) is 17.7 Å². The summed E-state index contributed by atoms with van der Waals surface area (Å²) in [5, 5.41) is 8.86. The highest BCUT2D eigenvalue weighted by molar-refractivity contribution is 7.89. The molecule has 2 rings (SSSR count). The molecule has 0 amide bonds. The van der Waals surface area contributed by atoms with Crippen LogP contribution in [0.15, 0.2) is 29.2 Å². The fourth-order valence-electron chi connectivity index (χ4n) is 2.14. The standard InChI is InChI=1S/C12H14FNO4S/c13-10-3-1-2-4-11(10)19(17,18)14-7-5-9(6-8-14)12(15)16/h1-4,9H,5-8H2,(H,15,16). The van der Waals surface area contributed by atoms with Crippen molar-refractivity contribution in [2.75, 3.05) is 13.1 Å². The van der Waals surface area contributed by atoms with E-state index in [9.17, 15) is 17.6 Å². The molecule has 1 aromatic carbocycles. The zero-order valence-corrected chi connectivity index (χ0v) is 10.9. The van der Waals surface area contributed by atoms with Gasteiger partial charge in [0.25, 0.3) is 0 Å². The molecule has 1 saturated heterocycles. The number of aliphatic carboxylic acids is 1. The van der Waals surface area contributed by atoms with Gasteiger partial charge in [-0.05, 0) is 25.0 Å². The molecule has 1 aliphatic rings. The van der Waals surface area contributed by atoms with E-state index in [2.05, 4.69) is 0 Å². The second-order valence-electron chi connectivity index (χ2n) is 4.45. The Labute approximate surface area is 110 Å². The first kappa shape index (κ1) is 14.0. The molecule has 104 valence electrons. The first-order chi connectivity index (χ1) is 8.93. The van der Waals surface area contributed by atoms with Gasteiger partial charge in [0.05, 0.1) is 5.92 Å². The number of sulfonamides is 1. The van der Waals surface area contributed by atoms with Crippen LogP contribution in [-0.2, 0) is 14.8 Å². The third-order valence-corrected chi connectivity index (χ3v) is 5.19. The highest BCUT2D eigenvalue weighted by Crippen LogP contribution is 2.25. The monoisotopic (exact) mass is 287 g/mol. The molecule has 0 spiro atoms. The number of piperidine rings is 1. The number of benzene rings is 1. The quantitative estimate of drug-likeness (QED) is 0.909. The van der Waals surface area contributed by atoms with Gasteiger partial charge in [-0.25, -0.2) is 12.8 Å². The van der Waals surface area contributed by atoms with Crippen LogP contribution >= 0.6 is 0 Å². The fraction of sp³-hybridized carbons (Fsp3) is 0.417. The Hall–Kier alpha value is -1.47. The van der Waals surface area contributed by atoms with Crippen molar-refractivity contribution >= 4 is 16.0 Å². The lowest BCUT2D eigenvalue weighted by Crippen LogP contribution is -2.40. The number of rotatable bonds is 3. The predicted octanol–water partition coefficient (Wildman–Crippen LogP) is 1.31. The number of hydrogen-bond donors (Lipinski definition) is 1. The predicted molar refractivity (Wildman–Crippen MR) is 65.5 cm³/mol. The van der Waals surface area contributed by atoms with E-state index in [-0.39, 0.29) is 30.8 Å². The number of nitrogens with zero attached hydrogens (tertiary/aromatic N) is 1. The zero-order chi connectivity index (χ0) is 14.0. The van der Waals surface area contributed by atoms with Crippen molar-refractivity contribution in [3.8, 4) is 0 Å². The van der Waals surface area contributed by atoms with Crippen molar-refractivity contribution in [2.24, 2.45) is 5.92 Å². The summed E-state index contributed by atoms with van der Waals surface area (Å²) in [6.07, 6.45) is 0.506. The second kappa shape index (κ2) is 5.26. The van der Waals surface area contributed by atoms with E-state index in [4.69, 9.17) is 5.11 Å². The van der Waals surface area contributed by atoms with Gasteiger partial charge in [-0.2, -0.15) is 4.31 Å². The third kappa shape index (κ3) is 2.76. The van der Waals surface area contributed by atoms with Crippen LogP contribution < -0.4 is 0 Å². The van der Waals surface area contributed by atoms with Crippen LogP contribution in [-0.4, -0.2) is 36.9 Å². The molecular formula is C12H14FNO4S. The molecule has 1 N–H and O–H groups in total. The van der Waals surface area contributed by atoms with E-state index in [1.54, 1.807) is 0 Å². The van der Waals surface area contributed by atoms with E-state index in [1.807, 2.05) is 0 Å². The topological polar surface area (TPSA) is 74.7 Å². The summed E-state index contributed by atoms with van der Waals surface area (Å²) in [6, 6.07) is 5.19. The first-order valence-electron chi connectivity index (χ1n) is 5.90. The largest absolute Gasteiger partial charge is 0.481 e. The molecule has 1 fully saturated rings. The molecule has 5 nitrogen and oxygen atoms in total. The molecule has 0 aliphatic carbocycles. The third-order valence-electron chi connectivity index (χ3n) is 3.26. The molecule has 1 heterocycles. The van der Waals surface area contributed by atoms with Crippen molar-refractivity contribution < 1.29 is 22.7 Å². The summed E-state index contributed by atoms with van der Waals surface area (Å²) in [6.45, 7) is 0.210. The van der Waals surface area contributed by atoms with Gasteiger partial charge < -0.3 is 5.11 Å². The number of hydrogen-bond acceptors (Lipinski definition) is 3. The van der Waals surface area contributed by atoms with Crippen molar-refractivity contribution in [3.63, 3.8) is 0 Å². The lowest BCUT2D eigenvalue weighted by Gasteiger charge is -2.29. The number of carboxylic acids is 1. The summed E-state index contributed by atoms with van der Waals surface area (Å²) in [5.74, 6) is -2.22. The Bertz CT molecular complexity index is 579. The molecular weight excluding hydrogens is 273 g/mol. The average molecular weight is 287 g/mol. The number of halogens is 1. The van der Waals surface area contributed by atoms with Crippen LogP contribution in [0.1, 0.15) is 12.8 Å². The number of carboxylic acid groups (broad SMARTS) is 1. The van der Waals surface area contributed by atoms with Crippen LogP contribution in [0.3, 0.4) is 0 Å². The Balaban J connectivity index is 2.19. The Morgan fingerprint density at radius 1 is 1.26 bits per heavy atom. The summed E-state index contributed by atoms with van der Waals surface area (Å²) < 4.78 is 39.1. The first-order valence-corrected chi connectivity index (χ1v) is 7.34. The molecule has 0 unspecified atom stereocenters. The highest BCUT2D eigenvalue weighted by atomic mass is 32.2. The van der Waals surface area contributed by atoms with Gasteiger partial charge in [0.2, 0.25) is 10.0 Å².